The normalized spacial score (nSPS) is 12.4. The lowest BCUT2D eigenvalue weighted by Gasteiger charge is -2.13. The molecule has 0 fully saturated rings. The highest BCUT2D eigenvalue weighted by atomic mass is 32.1. The molecule has 2 aromatic rings. The summed E-state index contributed by atoms with van der Waals surface area (Å²) >= 11 is 1.68. The van der Waals surface area contributed by atoms with Gasteiger partial charge in [0.25, 0.3) is 0 Å². The topological polar surface area (TPSA) is 48.1 Å². The van der Waals surface area contributed by atoms with E-state index >= 15 is 0 Å². The van der Waals surface area contributed by atoms with Crippen molar-refractivity contribution in [2.45, 2.75) is 26.3 Å². The van der Waals surface area contributed by atoms with Crippen LogP contribution in [0.4, 0.5) is 0 Å². The first-order valence-electron chi connectivity index (χ1n) is 6.04. The summed E-state index contributed by atoms with van der Waals surface area (Å²) in [7, 11) is 0. The van der Waals surface area contributed by atoms with Gasteiger partial charge in [0.1, 0.15) is 5.75 Å². The lowest BCUT2D eigenvalue weighted by Crippen LogP contribution is -2.09. The molecule has 0 saturated carbocycles. The van der Waals surface area contributed by atoms with Crippen LogP contribution < -0.4 is 10.5 Å². The Morgan fingerprint density at radius 1 is 1.39 bits per heavy atom. The Morgan fingerprint density at radius 2 is 2.17 bits per heavy atom. The van der Waals surface area contributed by atoms with Gasteiger partial charge in [0, 0.05) is 22.9 Å². The van der Waals surface area contributed by atoms with E-state index in [-0.39, 0.29) is 6.04 Å². The molecule has 0 amide bonds. The molecular weight excluding hydrogens is 244 g/mol. The zero-order valence-corrected chi connectivity index (χ0v) is 11.5. The monoisotopic (exact) mass is 262 g/mol. The third kappa shape index (κ3) is 3.09. The van der Waals surface area contributed by atoms with Crippen LogP contribution in [0.25, 0.3) is 0 Å². The number of benzene rings is 1. The standard InChI is InChI=1S/C14H18N2OS/c1-10(15)12-5-3-4-6-13(12)17-8-7-14-11(2)16-9-18-14/h3-6,9-10H,7-8,15H2,1-2H3/t10-/m1/s1. The van der Waals surface area contributed by atoms with Crippen molar-refractivity contribution in [3.8, 4) is 5.75 Å². The molecule has 0 radical (unpaired) electrons. The largest absolute Gasteiger partial charge is 0.493 e. The predicted molar refractivity (Wildman–Crippen MR) is 75.1 cm³/mol. The Balaban J connectivity index is 1.96. The number of hydrogen-bond acceptors (Lipinski definition) is 4. The molecule has 1 aromatic heterocycles. The van der Waals surface area contributed by atoms with Gasteiger partial charge in [0.2, 0.25) is 0 Å². The van der Waals surface area contributed by atoms with Crippen molar-refractivity contribution < 1.29 is 4.74 Å². The molecule has 0 unspecified atom stereocenters. The SMILES string of the molecule is Cc1ncsc1CCOc1ccccc1[C@@H](C)N. The second-order valence-corrected chi connectivity index (χ2v) is 5.23. The Morgan fingerprint density at radius 3 is 2.83 bits per heavy atom. The summed E-state index contributed by atoms with van der Waals surface area (Å²) in [6.07, 6.45) is 0.893. The van der Waals surface area contributed by atoms with Gasteiger partial charge in [-0.25, -0.2) is 4.98 Å². The Kier molecular flexibility index (Phi) is 4.33. The highest BCUT2D eigenvalue weighted by Gasteiger charge is 2.07. The third-order valence-corrected chi connectivity index (χ3v) is 3.84. The smallest absolute Gasteiger partial charge is 0.124 e. The number of ether oxygens (including phenoxy) is 1. The molecule has 1 atom stereocenters. The van der Waals surface area contributed by atoms with E-state index in [9.17, 15) is 0 Å². The van der Waals surface area contributed by atoms with Gasteiger partial charge in [-0.1, -0.05) is 18.2 Å². The summed E-state index contributed by atoms with van der Waals surface area (Å²) in [5.41, 5.74) is 9.95. The Bertz CT molecular complexity index is 508. The number of nitrogens with two attached hydrogens (primary N) is 1. The number of para-hydroxylation sites is 1. The minimum atomic E-state index is -0.00802. The van der Waals surface area contributed by atoms with Gasteiger partial charge in [0.15, 0.2) is 0 Å². The first-order chi connectivity index (χ1) is 8.68. The highest BCUT2D eigenvalue weighted by Crippen LogP contribution is 2.23. The number of rotatable bonds is 5. The zero-order chi connectivity index (χ0) is 13.0. The molecule has 2 N–H and O–H groups in total. The summed E-state index contributed by atoms with van der Waals surface area (Å²) in [5.74, 6) is 0.884. The average molecular weight is 262 g/mol. The van der Waals surface area contributed by atoms with Crippen molar-refractivity contribution >= 4 is 11.3 Å². The van der Waals surface area contributed by atoms with Crippen LogP contribution in [-0.4, -0.2) is 11.6 Å². The van der Waals surface area contributed by atoms with Crippen molar-refractivity contribution in [3.05, 3.63) is 45.9 Å². The molecule has 96 valence electrons. The Hall–Kier alpha value is -1.39. The molecule has 0 aliphatic rings. The quantitative estimate of drug-likeness (QED) is 0.900. The second-order valence-electron chi connectivity index (χ2n) is 4.29. The van der Waals surface area contributed by atoms with Gasteiger partial charge in [-0.2, -0.15) is 0 Å². The molecule has 2 rings (SSSR count). The molecule has 0 saturated heterocycles. The van der Waals surface area contributed by atoms with Crippen molar-refractivity contribution in [2.24, 2.45) is 5.73 Å². The minimum Gasteiger partial charge on any atom is -0.493 e. The number of hydrogen-bond donors (Lipinski definition) is 1. The van der Waals surface area contributed by atoms with E-state index in [4.69, 9.17) is 10.5 Å². The second kappa shape index (κ2) is 5.98. The van der Waals surface area contributed by atoms with Gasteiger partial charge in [0.05, 0.1) is 17.8 Å². The first kappa shape index (κ1) is 13.1. The summed E-state index contributed by atoms with van der Waals surface area (Å²) in [6, 6.07) is 7.93. The lowest BCUT2D eigenvalue weighted by atomic mass is 10.1. The molecule has 18 heavy (non-hydrogen) atoms. The zero-order valence-electron chi connectivity index (χ0n) is 10.7. The predicted octanol–water partition coefficient (Wildman–Crippen LogP) is 3.09. The van der Waals surface area contributed by atoms with Crippen LogP contribution in [0.1, 0.15) is 29.1 Å². The molecule has 4 heteroatoms. The first-order valence-corrected chi connectivity index (χ1v) is 6.92. The number of aromatic nitrogens is 1. The van der Waals surface area contributed by atoms with E-state index in [2.05, 4.69) is 4.98 Å². The van der Waals surface area contributed by atoms with E-state index < -0.39 is 0 Å². The van der Waals surface area contributed by atoms with E-state index in [0.717, 1.165) is 23.4 Å². The van der Waals surface area contributed by atoms with Gasteiger partial charge in [-0.3, -0.25) is 0 Å². The fourth-order valence-corrected chi connectivity index (χ4v) is 2.57. The number of thiazole rings is 1. The van der Waals surface area contributed by atoms with Crippen LogP contribution in [0.3, 0.4) is 0 Å². The lowest BCUT2D eigenvalue weighted by molar-refractivity contribution is 0.318. The fraction of sp³-hybridized carbons (Fsp3) is 0.357. The average Bonchev–Trinajstić information content (AvgIpc) is 2.76. The summed E-state index contributed by atoms with van der Waals surface area (Å²) in [6.45, 7) is 4.66. The van der Waals surface area contributed by atoms with Crippen LogP contribution in [0.15, 0.2) is 29.8 Å². The van der Waals surface area contributed by atoms with E-state index in [1.54, 1.807) is 11.3 Å². The van der Waals surface area contributed by atoms with Gasteiger partial charge < -0.3 is 10.5 Å². The third-order valence-electron chi connectivity index (χ3n) is 2.84. The molecule has 0 aliphatic heterocycles. The van der Waals surface area contributed by atoms with Crippen LogP contribution in [0, 0.1) is 6.92 Å². The molecule has 0 bridgehead atoms. The maximum Gasteiger partial charge on any atom is 0.124 e. The fourth-order valence-electron chi connectivity index (χ4n) is 1.81. The maximum atomic E-state index is 5.92. The van der Waals surface area contributed by atoms with Crippen molar-refractivity contribution in [1.29, 1.82) is 0 Å². The number of aryl methyl sites for hydroxylation is 1. The van der Waals surface area contributed by atoms with E-state index in [1.165, 1.54) is 4.88 Å². The minimum absolute atomic E-state index is 0.00802. The molecule has 1 aromatic carbocycles. The van der Waals surface area contributed by atoms with Crippen LogP contribution in [0.2, 0.25) is 0 Å². The van der Waals surface area contributed by atoms with Crippen molar-refractivity contribution in [3.63, 3.8) is 0 Å². The van der Waals surface area contributed by atoms with Crippen molar-refractivity contribution in [1.82, 2.24) is 4.98 Å². The van der Waals surface area contributed by atoms with Gasteiger partial charge in [-0.15, -0.1) is 11.3 Å². The number of nitrogens with zero attached hydrogens (tertiary/aromatic N) is 1. The van der Waals surface area contributed by atoms with Crippen LogP contribution >= 0.6 is 11.3 Å². The van der Waals surface area contributed by atoms with Crippen LogP contribution in [0.5, 0.6) is 5.75 Å². The summed E-state index contributed by atoms with van der Waals surface area (Å²) in [4.78, 5) is 5.52. The molecule has 3 nitrogen and oxygen atoms in total. The van der Waals surface area contributed by atoms with Gasteiger partial charge in [-0.05, 0) is 19.9 Å². The van der Waals surface area contributed by atoms with Crippen molar-refractivity contribution in [2.75, 3.05) is 6.61 Å². The van der Waals surface area contributed by atoms with E-state index in [0.29, 0.717) is 6.61 Å². The Labute approximate surface area is 112 Å². The van der Waals surface area contributed by atoms with Crippen LogP contribution in [-0.2, 0) is 6.42 Å². The molecule has 0 spiro atoms. The molecular formula is C14H18N2OS. The van der Waals surface area contributed by atoms with Gasteiger partial charge >= 0.3 is 0 Å². The maximum absolute atomic E-state index is 5.92. The molecule has 1 heterocycles. The molecule has 0 aliphatic carbocycles. The summed E-state index contributed by atoms with van der Waals surface area (Å²) < 4.78 is 5.83. The summed E-state index contributed by atoms with van der Waals surface area (Å²) in [5, 5.41) is 0. The highest BCUT2D eigenvalue weighted by molar-refractivity contribution is 7.09. The van der Waals surface area contributed by atoms with E-state index in [1.807, 2.05) is 43.6 Å².